The van der Waals surface area contributed by atoms with Gasteiger partial charge in [-0.05, 0) is 48.9 Å². The molecule has 2 aromatic rings. The second-order valence-electron chi connectivity index (χ2n) is 10.3. The van der Waals surface area contributed by atoms with E-state index < -0.39 is 29.8 Å². The van der Waals surface area contributed by atoms with Crippen LogP contribution in [0.4, 0.5) is 13.2 Å². The van der Waals surface area contributed by atoms with Gasteiger partial charge in [-0.25, -0.2) is 4.79 Å². The second-order valence-corrected chi connectivity index (χ2v) is 10.3. The Hall–Kier alpha value is -2.91. The lowest BCUT2D eigenvalue weighted by Crippen LogP contribution is -2.50. The SMILES string of the molecule is COC(=O)c1ccc(CN2CCC3(CC2)C[C@H](N(C(=O)C(F)(F)F)[C@@H]2C[C@H]2c2ccccc2)CO3)cc1. The summed E-state index contributed by atoms with van der Waals surface area (Å²) < 4.78 is 51.7. The van der Waals surface area contributed by atoms with E-state index in [1.54, 1.807) is 12.1 Å². The number of esters is 1. The van der Waals surface area contributed by atoms with Crippen LogP contribution in [0.2, 0.25) is 0 Å². The highest BCUT2D eigenvalue weighted by Crippen LogP contribution is 2.49. The number of benzene rings is 2. The molecule has 1 saturated carbocycles. The maximum atomic E-state index is 13.6. The quantitative estimate of drug-likeness (QED) is 0.528. The van der Waals surface area contributed by atoms with E-state index in [0.717, 1.165) is 29.1 Å². The van der Waals surface area contributed by atoms with Crippen molar-refractivity contribution in [3.63, 3.8) is 0 Å². The molecule has 2 aromatic carbocycles. The fourth-order valence-electron chi connectivity index (χ4n) is 5.87. The summed E-state index contributed by atoms with van der Waals surface area (Å²) in [6, 6.07) is 15.7. The molecule has 0 bridgehead atoms. The summed E-state index contributed by atoms with van der Waals surface area (Å²) in [5.74, 6) is -2.20. The number of halogens is 3. The minimum absolute atomic E-state index is 0.0727. The Balaban J connectivity index is 1.21. The van der Waals surface area contributed by atoms with Gasteiger partial charge in [0.2, 0.25) is 0 Å². The summed E-state index contributed by atoms with van der Waals surface area (Å²) in [5, 5.41) is 0. The van der Waals surface area contributed by atoms with Crippen LogP contribution < -0.4 is 0 Å². The molecule has 0 N–H and O–H groups in total. The minimum Gasteiger partial charge on any atom is -0.465 e. The summed E-state index contributed by atoms with van der Waals surface area (Å²) in [6.45, 7) is 2.33. The van der Waals surface area contributed by atoms with Gasteiger partial charge in [0.15, 0.2) is 0 Å². The molecule has 5 rings (SSSR count). The predicted molar refractivity (Wildman–Crippen MR) is 130 cm³/mol. The number of carbonyl (C=O) groups is 2. The number of carbonyl (C=O) groups excluding carboxylic acids is 2. The molecule has 3 fully saturated rings. The van der Waals surface area contributed by atoms with Crippen molar-refractivity contribution in [1.29, 1.82) is 0 Å². The van der Waals surface area contributed by atoms with Crippen molar-refractivity contribution < 1.29 is 32.2 Å². The molecule has 2 heterocycles. The van der Waals surface area contributed by atoms with Crippen molar-refractivity contribution in [2.75, 3.05) is 26.8 Å². The fourth-order valence-corrected chi connectivity index (χ4v) is 5.87. The molecule has 37 heavy (non-hydrogen) atoms. The van der Waals surface area contributed by atoms with Crippen molar-refractivity contribution in [2.45, 2.75) is 62.0 Å². The molecule has 0 radical (unpaired) electrons. The zero-order chi connectivity index (χ0) is 26.2. The van der Waals surface area contributed by atoms with Crippen molar-refractivity contribution >= 4 is 11.9 Å². The highest BCUT2D eigenvalue weighted by molar-refractivity contribution is 5.89. The number of likely N-dealkylation sites (tertiary alicyclic amines) is 1. The zero-order valence-electron chi connectivity index (χ0n) is 20.7. The van der Waals surface area contributed by atoms with Crippen LogP contribution in [-0.2, 0) is 20.8 Å². The first-order chi connectivity index (χ1) is 17.7. The van der Waals surface area contributed by atoms with Gasteiger partial charge in [0, 0.05) is 31.6 Å². The maximum Gasteiger partial charge on any atom is 0.471 e. The second kappa shape index (κ2) is 10.1. The van der Waals surface area contributed by atoms with Crippen LogP contribution in [0.5, 0.6) is 0 Å². The van der Waals surface area contributed by atoms with Gasteiger partial charge in [-0.3, -0.25) is 9.69 Å². The Labute approximate surface area is 214 Å². The summed E-state index contributed by atoms with van der Waals surface area (Å²) >= 11 is 0. The summed E-state index contributed by atoms with van der Waals surface area (Å²) in [4.78, 5) is 27.5. The molecule has 1 spiro atoms. The summed E-state index contributed by atoms with van der Waals surface area (Å²) in [7, 11) is 1.35. The van der Waals surface area contributed by atoms with Gasteiger partial charge in [-0.2, -0.15) is 13.2 Å². The minimum atomic E-state index is -4.91. The lowest BCUT2D eigenvalue weighted by atomic mass is 9.86. The average molecular weight is 517 g/mol. The Morgan fingerprint density at radius 2 is 1.76 bits per heavy atom. The third-order valence-electron chi connectivity index (χ3n) is 7.95. The Morgan fingerprint density at radius 3 is 2.38 bits per heavy atom. The lowest BCUT2D eigenvalue weighted by Gasteiger charge is -2.39. The highest BCUT2D eigenvalue weighted by Gasteiger charge is 2.57. The van der Waals surface area contributed by atoms with E-state index >= 15 is 0 Å². The van der Waals surface area contributed by atoms with Crippen LogP contribution in [0.1, 0.15) is 53.1 Å². The molecule has 1 aliphatic carbocycles. The van der Waals surface area contributed by atoms with Gasteiger partial charge in [0.25, 0.3) is 0 Å². The van der Waals surface area contributed by atoms with Crippen molar-refractivity contribution in [1.82, 2.24) is 9.80 Å². The molecule has 2 aliphatic heterocycles. The molecule has 3 aliphatic rings. The van der Waals surface area contributed by atoms with Gasteiger partial charge in [-0.15, -0.1) is 0 Å². The number of hydrogen-bond donors (Lipinski definition) is 0. The number of amides is 1. The molecular formula is C28H31F3N2O4. The van der Waals surface area contributed by atoms with Crippen LogP contribution in [-0.4, -0.2) is 72.3 Å². The summed E-state index contributed by atoms with van der Waals surface area (Å²) in [6.07, 6.45) is -2.55. The molecule has 6 nitrogen and oxygen atoms in total. The van der Waals surface area contributed by atoms with Crippen LogP contribution >= 0.6 is 0 Å². The first-order valence-corrected chi connectivity index (χ1v) is 12.7. The van der Waals surface area contributed by atoms with E-state index in [4.69, 9.17) is 9.47 Å². The van der Waals surface area contributed by atoms with E-state index in [2.05, 4.69) is 4.90 Å². The zero-order valence-corrected chi connectivity index (χ0v) is 20.7. The lowest BCUT2D eigenvalue weighted by molar-refractivity contribution is -0.188. The van der Waals surface area contributed by atoms with Crippen LogP contribution in [0, 0.1) is 0 Å². The molecule has 1 amide bonds. The summed E-state index contributed by atoms with van der Waals surface area (Å²) in [5.41, 5.74) is 2.03. The van der Waals surface area contributed by atoms with Gasteiger partial charge in [0.05, 0.1) is 30.9 Å². The smallest absolute Gasteiger partial charge is 0.465 e. The molecule has 9 heteroatoms. The standard InChI is InChI=1S/C28H31F3N2O4/c1-36-25(34)21-9-7-19(8-10-21)17-32-13-11-27(12-14-32)16-22(18-37-27)33(26(35)28(29,30)31)24-15-23(24)20-5-3-2-4-6-20/h2-10,22-24H,11-18H2,1H3/t22-,23-,24+/m0/s1. The van der Waals surface area contributed by atoms with E-state index in [1.165, 1.54) is 7.11 Å². The van der Waals surface area contributed by atoms with E-state index in [0.29, 0.717) is 37.8 Å². The molecule has 0 unspecified atom stereocenters. The van der Waals surface area contributed by atoms with Crippen molar-refractivity contribution in [2.24, 2.45) is 0 Å². The van der Waals surface area contributed by atoms with Gasteiger partial charge >= 0.3 is 18.1 Å². The van der Waals surface area contributed by atoms with E-state index in [1.807, 2.05) is 42.5 Å². The largest absolute Gasteiger partial charge is 0.471 e. The van der Waals surface area contributed by atoms with Gasteiger partial charge in [0.1, 0.15) is 0 Å². The number of alkyl halides is 3. The third-order valence-corrected chi connectivity index (χ3v) is 7.95. The van der Waals surface area contributed by atoms with Crippen LogP contribution in [0.25, 0.3) is 0 Å². The Bertz CT molecular complexity index is 1110. The fraction of sp³-hybridized carbons (Fsp3) is 0.500. The van der Waals surface area contributed by atoms with Crippen LogP contribution in [0.3, 0.4) is 0 Å². The third kappa shape index (κ3) is 5.52. The first kappa shape index (κ1) is 25.7. The molecule has 198 valence electrons. The predicted octanol–water partition coefficient (Wildman–Crippen LogP) is 4.54. The van der Waals surface area contributed by atoms with Crippen LogP contribution in [0.15, 0.2) is 54.6 Å². The average Bonchev–Trinajstić information content (AvgIpc) is 3.58. The van der Waals surface area contributed by atoms with E-state index in [9.17, 15) is 22.8 Å². The van der Waals surface area contributed by atoms with Gasteiger partial charge in [-0.1, -0.05) is 42.5 Å². The number of ether oxygens (including phenoxy) is 2. The topological polar surface area (TPSA) is 59.1 Å². The first-order valence-electron chi connectivity index (χ1n) is 12.7. The highest BCUT2D eigenvalue weighted by atomic mass is 19.4. The Morgan fingerprint density at radius 1 is 1.08 bits per heavy atom. The number of piperidine rings is 1. The van der Waals surface area contributed by atoms with Crippen molar-refractivity contribution in [3.8, 4) is 0 Å². The van der Waals surface area contributed by atoms with E-state index in [-0.39, 0.29) is 18.5 Å². The number of methoxy groups -OCH3 is 1. The number of nitrogens with zero attached hydrogens (tertiary/aromatic N) is 2. The molecular weight excluding hydrogens is 485 g/mol. The van der Waals surface area contributed by atoms with Crippen molar-refractivity contribution in [3.05, 3.63) is 71.3 Å². The van der Waals surface area contributed by atoms with Gasteiger partial charge < -0.3 is 14.4 Å². The maximum absolute atomic E-state index is 13.6. The normalized spacial score (nSPS) is 25.1. The number of hydrogen-bond acceptors (Lipinski definition) is 5. The monoisotopic (exact) mass is 516 g/mol. The molecule has 3 atom stereocenters. The Kier molecular flexibility index (Phi) is 7.02. The molecule has 0 aromatic heterocycles. The molecule has 2 saturated heterocycles. The number of rotatable bonds is 6.